The van der Waals surface area contributed by atoms with Crippen LogP contribution in [-0.4, -0.2) is 11.1 Å². The van der Waals surface area contributed by atoms with Crippen molar-refractivity contribution in [3.05, 3.63) is 46.4 Å². The van der Waals surface area contributed by atoms with Gasteiger partial charge in [-0.1, -0.05) is 40.2 Å². The van der Waals surface area contributed by atoms with Crippen LogP contribution in [0.1, 0.15) is 18.4 Å². The fourth-order valence-corrected chi connectivity index (χ4v) is 2.78. The van der Waals surface area contributed by atoms with Gasteiger partial charge >= 0.3 is 5.97 Å². The normalized spacial score (nSPS) is 17.0. The Labute approximate surface area is 107 Å². The van der Waals surface area contributed by atoms with Gasteiger partial charge in [-0.3, -0.25) is 4.79 Å². The van der Waals surface area contributed by atoms with E-state index in [-0.39, 0.29) is 0 Å². The number of carboxylic acids is 1. The molecule has 0 aliphatic heterocycles. The lowest BCUT2D eigenvalue weighted by molar-refractivity contribution is -0.140. The van der Waals surface area contributed by atoms with Gasteiger partial charge in [0, 0.05) is 4.47 Å². The minimum absolute atomic E-state index is 0.622. The Kier molecular flexibility index (Phi) is 2.26. The van der Waals surface area contributed by atoms with Crippen molar-refractivity contribution in [2.75, 3.05) is 0 Å². The molecule has 0 atom stereocenters. The van der Waals surface area contributed by atoms with Crippen molar-refractivity contribution in [3.63, 3.8) is 0 Å². The molecule has 0 saturated heterocycles. The van der Waals surface area contributed by atoms with E-state index in [1.165, 1.54) is 0 Å². The molecule has 0 spiro atoms. The first kappa shape index (κ1) is 10.8. The second kappa shape index (κ2) is 3.57. The Morgan fingerprint density at radius 1 is 1.24 bits per heavy atom. The predicted molar refractivity (Wildman–Crippen MR) is 70.2 cm³/mol. The number of halogens is 1. The Balaban J connectivity index is 2.20. The highest BCUT2D eigenvalue weighted by Gasteiger charge is 2.51. The summed E-state index contributed by atoms with van der Waals surface area (Å²) in [5.74, 6) is -0.705. The second-order valence-corrected chi connectivity index (χ2v) is 5.42. The van der Waals surface area contributed by atoms with Crippen LogP contribution < -0.4 is 0 Å². The highest BCUT2D eigenvalue weighted by molar-refractivity contribution is 9.10. The molecular weight excluding hydrogens is 280 g/mol. The molecular formula is C14H11BrO2. The largest absolute Gasteiger partial charge is 0.481 e. The first-order valence-corrected chi connectivity index (χ1v) is 6.35. The van der Waals surface area contributed by atoms with Crippen LogP contribution in [-0.2, 0) is 10.2 Å². The highest BCUT2D eigenvalue weighted by Crippen LogP contribution is 2.49. The van der Waals surface area contributed by atoms with Gasteiger partial charge in [-0.15, -0.1) is 0 Å². The quantitative estimate of drug-likeness (QED) is 0.915. The maximum Gasteiger partial charge on any atom is 0.314 e. The lowest BCUT2D eigenvalue weighted by atomic mass is 9.94. The summed E-state index contributed by atoms with van der Waals surface area (Å²) in [6.45, 7) is 0. The zero-order chi connectivity index (χ0) is 12.0. The molecule has 0 aromatic heterocycles. The van der Waals surface area contributed by atoms with Gasteiger partial charge in [0.05, 0.1) is 5.41 Å². The van der Waals surface area contributed by atoms with E-state index in [4.69, 9.17) is 0 Å². The summed E-state index contributed by atoms with van der Waals surface area (Å²) in [7, 11) is 0. The maximum atomic E-state index is 11.3. The molecule has 0 unspecified atom stereocenters. The number of carbonyl (C=O) groups is 1. The SMILES string of the molecule is O=C(O)C1(c2ccc3cccc(Br)c3c2)CC1. The number of aliphatic carboxylic acids is 1. The van der Waals surface area contributed by atoms with Crippen molar-refractivity contribution < 1.29 is 9.90 Å². The van der Waals surface area contributed by atoms with E-state index in [0.717, 1.165) is 33.7 Å². The van der Waals surface area contributed by atoms with Crippen molar-refractivity contribution in [3.8, 4) is 0 Å². The minimum atomic E-state index is -0.705. The lowest BCUT2D eigenvalue weighted by Crippen LogP contribution is -2.19. The average molecular weight is 291 g/mol. The van der Waals surface area contributed by atoms with Crippen LogP contribution in [0, 0.1) is 0 Å². The van der Waals surface area contributed by atoms with Gasteiger partial charge in [-0.05, 0) is 41.3 Å². The summed E-state index contributed by atoms with van der Waals surface area (Å²) < 4.78 is 1.01. The molecule has 1 N–H and O–H groups in total. The Hall–Kier alpha value is -1.35. The van der Waals surface area contributed by atoms with Gasteiger partial charge in [0.25, 0.3) is 0 Å². The molecule has 0 radical (unpaired) electrons. The molecule has 2 nitrogen and oxygen atoms in total. The predicted octanol–water partition coefficient (Wildman–Crippen LogP) is 3.72. The summed E-state index contributed by atoms with van der Waals surface area (Å²) in [4.78, 5) is 11.3. The Morgan fingerprint density at radius 3 is 2.65 bits per heavy atom. The molecule has 2 aromatic rings. The van der Waals surface area contributed by atoms with Crippen molar-refractivity contribution in [1.82, 2.24) is 0 Å². The summed E-state index contributed by atoms with van der Waals surface area (Å²) in [5.41, 5.74) is 0.299. The number of hydrogen-bond acceptors (Lipinski definition) is 1. The zero-order valence-electron chi connectivity index (χ0n) is 9.11. The molecule has 1 saturated carbocycles. The fraction of sp³-hybridized carbons (Fsp3) is 0.214. The number of hydrogen-bond donors (Lipinski definition) is 1. The van der Waals surface area contributed by atoms with Gasteiger partial charge in [0.2, 0.25) is 0 Å². The zero-order valence-corrected chi connectivity index (χ0v) is 10.7. The van der Waals surface area contributed by atoms with Crippen LogP contribution in [0.2, 0.25) is 0 Å². The molecule has 1 fully saturated rings. The molecule has 0 amide bonds. The number of carboxylic acid groups (broad SMARTS) is 1. The molecule has 86 valence electrons. The van der Waals surface area contributed by atoms with E-state index in [0.29, 0.717) is 0 Å². The molecule has 17 heavy (non-hydrogen) atoms. The smallest absolute Gasteiger partial charge is 0.314 e. The first-order chi connectivity index (χ1) is 8.13. The first-order valence-electron chi connectivity index (χ1n) is 5.56. The third-order valence-corrected chi connectivity index (χ3v) is 4.23. The van der Waals surface area contributed by atoms with Crippen LogP contribution in [0.25, 0.3) is 10.8 Å². The van der Waals surface area contributed by atoms with E-state index < -0.39 is 11.4 Å². The summed E-state index contributed by atoms with van der Waals surface area (Å²) in [6.07, 6.45) is 1.50. The number of rotatable bonds is 2. The van der Waals surface area contributed by atoms with Gasteiger partial charge < -0.3 is 5.11 Å². The van der Waals surface area contributed by atoms with Crippen molar-refractivity contribution in [2.24, 2.45) is 0 Å². The van der Waals surface area contributed by atoms with Crippen molar-refractivity contribution in [2.45, 2.75) is 18.3 Å². The molecule has 1 aliphatic rings. The third-order valence-electron chi connectivity index (χ3n) is 3.54. The van der Waals surface area contributed by atoms with Crippen LogP contribution in [0.3, 0.4) is 0 Å². The molecule has 2 aromatic carbocycles. The Morgan fingerprint density at radius 2 is 2.00 bits per heavy atom. The second-order valence-electron chi connectivity index (χ2n) is 4.56. The van der Waals surface area contributed by atoms with Gasteiger partial charge in [0.15, 0.2) is 0 Å². The lowest BCUT2D eigenvalue weighted by Gasteiger charge is -2.11. The van der Waals surface area contributed by atoms with E-state index in [2.05, 4.69) is 15.9 Å². The van der Waals surface area contributed by atoms with E-state index in [9.17, 15) is 9.90 Å². The van der Waals surface area contributed by atoms with Gasteiger partial charge in [-0.25, -0.2) is 0 Å². The van der Waals surface area contributed by atoms with Crippen molar-refractivity contribution >= 4 is 32.7 Å². The van der Waals surface area contributed by atoms with E-state index in [1.807, 2.05) is 36.4 Å². The number of fused-ring (bicyclic) bond motifs is 1. The van der Waals surface area contributed by atoms with Gasteiger partial charge in [0.1, 0.15) is 0 Å². The number of benzene rings is 2. The van der Waals surface area contributed by atoms with Crippen molar-refractivity contribution in [1.29, 1.82) is 0 Å². The Bertz CT molecular complexity index is 615. The molecule has 0 bridgehead atoms. The maximum absolute atomic E-state index is 11.3. The molecule has 3 rings (SSSR count). The van der Waals surface area contributed by atoms with Crippen LogP contribution >= 0.6 is 15.9 Å². The molecule has 1 aliphatic carbocycles. The van der Waals surface area contributed by atoms with Crippen LogP contribution in [0.5, 0.6) is 0 Å². The summed E-state index contributed by atoms with van der Waals surface area (Å²) >= 11 is 3.51. The minimum Gasteiger partial charge on any atom is -0.481 e. The average Bonchev–Trinajstić information content (AvgIpc) is 3.10. The summed E-state index contributed by atoms with van der Waals surface area (Å²) in [5, 5.41) is 11.5. The van der Waals surface area contributed by atoms with Crippen LogP contribution in [0.4, 0.5) is 0 Å². The van der Waals surface area contributed by atoms with Gasteiger partial charge in [-0.2, -0.15) is 0 Å². The molecule has 3 heteroatoms. The van der Waals surface area contributed by atoms with E-state index >= 15 is 0 Å². The monoisotopic (exact) mass is 290 g/mol. The van der Waals surface area contributed by atoms with Crippen LogP contribution in [0.15, 0.2) is 40.9 Å². The van der Waals surface area contributed by atoms with E-state index in [1.54, 1.807) is 0 Å². The third kappa shape index (κ3) is 1.57. The summed E-state index contributed by atoms with van der Waals surface area (Å²) in [6, 6.07) is 11.9. The fourth-order valence-electron chi connectivity index (χ4n) is 2.28. The molecule has 0 heterocycles. The highest BCUT2D eigenvalue weighted by atomic mass is 79.9. The standard InChI is InChI=1S/C14H11BrO2/c15-12-3-1-2-9-4-5-10(8-11(9)12)14(6-7-14)13(16)17/h1-5,8H,6-7H2,(H,16,17). The topological polar surface area (TPSA) is 37.3 Å².